The Bertz CT molecular complexity index is 599. The number of amides is 2. The summed E-state index contributed by atoms with van der Waals surface area (Å²) in [6.07, 6.45) is 0. The van der Waals surface area contributed by atoms with Gasteiger partial charge in [-0.3, -0.25) is 0 Å². The molecule has 1 atom stereocenters. The van der Waals surface area contributed by atoms with Gasteiger partial charge in [0.2, 0.25) is 0 Å². The third kappa shape index (κ3) is 3.35. The molecule has 0 fully saturated rings. The zero-order valence-electron chi connectivity index (χ0n) is 11.3. The molecule has 0 spiro atoms. The average Bonchev–Trinajstić information content (AvgIpc) is 2.45. The molecule has 2 aromatic carbocycles. The third-order valence-corrected chi connectivity index (χ3v) is 3.23. The van der Waals surface area contributed by atoms with Crippen molar-refractivity contribution in [3.05, 3.63) is 59.9 Å². The summed E-state index contributed by atoms with van der Waals surface area (Å²) >= 11 is 0. The Kier molecular flexibility index (Phi) is 4.35. The highest BCUT2D eigenvalue weighted by Gasteiger charge is 2.10. The van der Waals surface area contributed by atoms with E-state index < -0.39 is 6.03 Å². The lowest BCUT2D eigenvalue weighted by molar-refractivity contribution is 0.248. The maximum Gasteiger partial charge on any atom is 0.312 e. The first-order valence-corrected chi connectivity index (χ1v) is 6.46. The fourth-order valence-electron chi connectivity index (χ4n) is 2.06. The van der Waals surface area contributed by atoms with Gasteiger partial charge in [-0.25, -0.2) is 9.18 Å². The molecule has 0 heterocycles. The van der Waals surface area contributed by atoms with E-state index >= 15 is 0 Å². The summed E-state index contributed by atoms with van der Waals surface area (Å²) in [6, 6.07) is 14.0. The van der Waals surface area contributed by atoms with Gasteiger partial charge in [0.1, 0.15) is 5.82 Å². The quantitative estimate of drug-likeness (QED) is 0.881. The van der Waals surface area contributed by atoms with Crippen molar-refractivity contribution in [2.24, 2.45) is 5.73 Å². The van der Waals surface area contributed by atoms with Gasteiger partial charge in [-0.1, -0.05) is 49.4 Å². The molecule has 2 aromatic rings. The van der Waals surface area contributed by atoms with E-state index in [1.54, 1.807) is 6.07 Å². The number of carbonyl (C=O) groups is 1. The molecule has 3 N–H and O–H groups in total. The lowest BCUT2D eigenvalue weighted by Crippen LogP contribution is -2.32. The lowest BCUT2D eigenvalue weighted by atomic mass is 9.97. The Hall–Kier alpha value is -2.36. The number of primary amides is 1. The van der Waals surface area contributed by atoms with Gasteiger partial charge in [-0.15, -0.1) is 0 Å². The minimum atomic E-state index is -0.571. The van der Waals surface area contributed by atoms with E-state index in [4.69, 9.17) is 5.73 Å². The van der Waals surface area contributed by atoms with Crippen LogP contribution in [-0.4, -0.2) is 12.6 Å². The highest BCUT2D eigenvalue weighted by atomic mass is 19.1. The molecule has 0 bridgehead atoms. The zero-order valence-corrected chi connectivity index (χ0v) is 11.3. The number of nitrogens with two attached hydrogens (primary N) is 1. The maximum absolute atomic E-state index is 14.2. The number of urea groups is 1. The lowest BCUT2D eigenvalue weighted by Gasteiger charge is -2.13. The van der Waals surface area contributed by atoms with Crippen LogP contribution >= 0.6 is 0 Å². The molecule has 0 radical (unpaired) electrons. The van der Waals surface area contributed by atoms with Crippen molar-refractivity contribution in [2.75, 3.05) is 6.54 Å². The van der Waals surface area contributed by atoms with Crippen LogP contribution in [0.25, 0.3) is 11.1 Å². The van der Waals surface area contributed by atoms with Crippen molar-refractivity contribution >= 4 is 6.03 Å². The summed E-state index contributed by atoms with van der Waals surface area (Å²) in [4.78, 5) is 10.7. The van der Waals surface area contributed by atoms with E-state index in [1.165, 1.54) is 6.07 Å². The highest BCUT2D eigenvalue weighted by molar-refractivity contribution is 5.71. The highest BCUT2D eigenvalue weighted by Crippen LogP contribution is 2.25. The normalized spacial score (nSPS) is 11.9. The van der Waals surface area contributed by atoms with Crippen molar-refractivity contribution in [1.82, 2.24) is 5.32 Å². The Labute approximate surface area is 117 Å². The standard InChI is InChI=1S/C16H17FN2O/c1-11(10-19-16(18)20)13-7-8-14(15(17)9-13)12-5-3-2-4-6-12/h2-9,11H,10H2,1H3,(H3,18,19,20). The fourth-order valence-corrected chi connectivity index (χ4v) is 2.06. The van der Waals surface area contributed by atoms with Gasteiger partial charge in [0.15, 0.2) is 0 Å². The van der Waals surface area contributed by atoms with E-state index in [1.807, 2.05) is 43.3 Å². The number of benzene rings is 2. The Morgan fingerprint density at radius 2 is 1.95 bits per heavy atom. The van der Waals surface area contributed by atoms with Gasteiger partial charge < -0.3 is 11.1 Å². The van der Waals surface area contributed by atoms with Crippen LogP contribution in [-0.2, 0) is 0 Å². The molecular weight excluding hydrogens is 255 g/mol. The Morgan fingerprint density at radius 1 is 1.25 bits per heavy atom. The number of hydrogen-bond acceptors (Lipinski definition) is 1. The van der Waals surface area contributed by atoms with Gasteiger partial charge in [0.25, 0.3) is 0 Å². The first kappa shape index (κ1) is 14.1. The first-order valence-electron chi connectivity index (χ1n) is 6.46. The minimum absolute atomic E-state index is 0.00169. The van der Waals surface area contributed by atoms with Crippen LogP contribution < -0.4 is 11.1 Å². The second kappa shape index (κ2) is 6.19. The Balaban J connectivity index is 2.20. The van der Waals surface area contributed by atoms with E-state index in [0.717, 1.165) is 11.1 Å². The summed E-state index contributed by atoms with van der Waals surface area (Å²) in [5.74, 6) is -0.263. The fraction of sp³-hybridized carbons (Fsp3) is 0.188. The number of rotatable bonds is 4. The van der Waals surface area contributed by atoms with E-state index in [-0.39, 0.29) is 11.7 Å². The predicted octanol–water partition coefficient (Wildman–Crippen LogP) is 3.26. The number of carbonyl (C=O) groups excluding carboxylic acids is 1. The van der Waals surface area contributed by atoms with Crippen LogP contribution in [0.2, 0.25) is 0 Å². The molecule has 4 heteroatoms. The molecule has 0 saturated carbocycles. The molecule has 0 aromatic heterocycles. The molecule has 104 valence electrons. The van der Waals surface area contributed by atoms with Crippen molar-refractivity contribution in [3.63, 3.8) is 0 Å². The summed E-state index contributed by atoms with van der Waals surface area (Å²) in [6.45, 7) is 2.30. The molecule has 20 heavy (non-hydrogen) atoms. The largest absolute Gasteiger partial charge is 0.352 e. The molecule has 2 rings (SSSR count). The number of nitrogens with one attached hydrogen (secondary N) is 1. The van der Waals surface area contributed by atoms with Crippen LogP contribution in [0.5, 0.6) is 0 Å². The SMILES string of the molecule is CC(CNC(N)=O)c1ccc(-c2ccccc2)c(F)c1. The molecular formula is C16H17FN2O. The topological polar surface area (TPSA) is 55.1 Å². The van der Waals surface area contributed by atoms with Gasteiger partial charge in [-0.2, -0.15) is 0 Å². The molecule has 3 nitrogen and oxygen atoms in total. The zero-order chi connectivity index (χ0) is 14.5. The third-order valence-electron chi connectivity index (χ3n) is 3.23. The van der Waals surface area contributed by atoms with Crippen LogP contribution in [0.4, 0.5) is 9.18 Å². The van der Waals surface area contributed by atoms with Gasteiger partial charge in [0.05, 0.1) is 0 Å². The van der Waals surface area contributed by atoms with E-state index in [9.17, 15) is 9.18 Å². The summed E-state index contributed by atoms with van der Waals surface area (Å²) in [5.41, 5.74) is 7.27. The van der Waals surface area contributed by atoms with Gasteiger partial charge in [-0.05, 0) is 23.1 Å². The van der Waals surface area contributed by atoms with Crippen molar-refractivity contribution in [3.8, 4) is 11.1 Å². The van der Waals surface area contributed by atoms with Crippen LogP contribution in [0, 0.1) is 5.82 Å². The van der Waals surface area contributed by atoms with Gasteiger partial charge in [0, 0.05) is 12.1 Å². The molecule has 1 unspecified atom stereocenters. The Morgan fingerprint density at radius 3 is 2.55 bits per heavy atom. The molecule has 0 aliphatic heterocycles. The van der Waals surface area contributed by atoms with Crippen LogP contribution in [0.15, 0.2) is 48.5 Å². The predicted molar refractivity (Wildman–Crippen MR) is 77.8 cm³/mol. The molecule has 0 aliphatic carbocycles. The smallest absolute Gasteiger partial charge is 0.312 e. The van der Waals surface area contributed by atoms with E-state index in [2.05, 4.69) is 5.32 Å². The summed E-state index contributed by atoms with van der Waals surface area (Å²) in [5, 5.41) is 2.53. The molecule has 2 amide bonds. The number of hydrogen-bond donors (Lipinski definition) is 2. The summed E-state index contributed by atoms with van der Waals surface area (Å²) in [7, 11) is 0. The number of halogens is 1. The second-order valence-corrected chi connectivity index (χ2v) is 4.75. The first-order chi connectivity index (χ1) is 9.58. The summed E-state index contributed by atoms with van der Waals surface area (Å²) < 4.78 is 14.2. The van der Waals surface area contributed by atoms with Crippen LogP contribution in [0.3, 0.4) is 0 Å². The van der Waals surface area contributed by atoms with Crippen molar-refractivity contribution < 1.29 is 9.18 Å². The second-order valence-electron chi connectivity index (χ2n) is 4.75. The van der Waals surface area contributed by atoms with Crippen molar-refractivity contribution in [2.45, 2.75) is 12.8 Å². The minimum Gasteiger partial charge on any atom is -0.352 e. The monoisotopic (exact) mass is 272 g/mol. The van der Waals surface area contributed by atoms with Crippen LogP contribution in [0.1, 0.15) is 18.4 Å². The van der Waals surface area contributed by atoms with E-state index in [0.29, 0.717) is 12.1 Å². The average molecular weight is 272 g/mol. The van der Waals surface area contributed by atoms with Crippen molar-refractivity contribution in [1.29, 1.82) is 0 Å². The molecule has 0 saturated heterocycles. The van der Waals surface area contributed by atoms with Gasteiger partial charge >= 0.3 is 6.03 Å². The molecule has 0 aliphatic rings. The maximum atomic E-state index is 14.2.